The molecule has 0 spiro atoms. The van der Waals surface area contributed by atoms with Crippen LogP contribution in [0.25, 0.3) is 5.69 Å². The average molecular weight is 435 g/mol. The topological polar surface area (TPSA) is 70.7 Å². The molecule has 0 fully saturated rings. The predicted octanol–water partition coefficient (Wildman–Crippen LogP) is 4.05. The van der Waals surface area contributed by atoms with Gasteiger partial charge in [0.2, 0.25) is 0 Å². The summed E-state index contributed by atoms with van der Waals surface area (Å²) in [6, 6.07) is 8.57. The van der Waals surface area contributed by atoms with Gasteiger partial charge in [-0.15, -0.1) is 0 Å². The fourth-order valence-corrected chi connectivity index (χ4v) is 2.80. The van der Waals surface area contributed by atoms with Crippen molar-refractivity contribution >= 4 is 21.8 Å². The number of nitriles is 1. The summed E-state index contributed by atoms with van der Waals surface area (Å²) in [6.07, 6.45) is 1.49. The molecule has 0 aliphatic rings. The molecule has 0 aliphatic heterocycles. The molecular formula is C18H10BrF3N4O. The summed E-state index contributed by atoms with van der Waals surface area (Å²) in [7, 11) is 0. The summed E-state index contributed by atoms with van der Waals surface area (Å²) in [5.74, 6) is -2.89. The van der Waals surface area contributed by atoms with Gasteiger partial charge in [0.15, 0.2) is 5.69 Å². The fraction of sp³-hybridized carbons (Fsp3) is 0.0556. The van der Waals surface area contributed by atoms with Gasteiger partial charge in [0.05, 0.1) is 16.2 Å². The van der Waals surface area contributed by atoms with E-state index in [1.165, 1.54) is 35.1 Å². The standard InChI is InChI=1S/C18H10BrF3N4O/c19-14-9-26(12-4-1-10(20)2-5-12)25-17(14)18(27)24-16(8-23)13-6-3-11(21)7-15(13)22/h1-7,9,16H,(H,24,27). The number of aromatic nitrogens is 2. The smallest absolute Gasteiger partial charge is 0.274 e. The number of hydrogen-bond acceptors (Lipinski definition) is 3. The van der Waals surface area contributed by atoms with Crippen LogP contribution >= 0.6 is 15.9 Å². The number of benzene rings is 2. The Morgan fingerprint density at radius 3 is 2.44 bits per heavy atom. The largest absolute Gasteiger partial charge is 0.331 e. The van der Waals surface area contributed by atoms with E-state index in [1.807, 2.05) is 0 Å². The van der Waals surface area contributed by atoms with Crippen LogP contribution < -0.4 is 5.32 Å². The normalized spacial score (nSPS) is 11.7. The first-order chi connectivity index (χ1) is 12.9. The van der Waals surface area contributed by atoms with Crippen molar-refractivity contribution in [1.82, 2.24) is 15.1 Å². The van der Waals surface area contributed by atoms with E-state index in [9.17, 15) is 23.2 Å². The predicted molar refractivity (Wildman–Crippen MR) is 93.4 cm³/mol. The summed E-state index contributed by atoms with van der Waals surface area (Å²) in [5.41, 5.74) is 0.293. The minimum Gasteiger partial charge on any atom is -0.331 e. The van der Waals surface area contributed by atoms with E-state index in [4.69, 9.17) is 0 Å². The van der Waals surface area contributed by atoms with Crippen molar-refractivity contribution in [2.45, 2.75) is 6.04 Å². The second kappa shape index (κ2) is 7.63. The number of nitrogens with one attached hydrogen (secondary N) is 1. The van der Waals surface area contributed by atoms with Gasteiger partial charge >= 0.3 is 0 Å². The third-order valence-electron chi connectivity index (χ3n) is 3.65. The van der Waals surface area contributed by atoms with Crippen LogP contribution in [0.5, 0.6) is 0 Å². The van der Waals surface area contributed by atoms with Crippen molar-refractivity contribution in [3.05, 3.63) is 81.8 Å². The zero-order valence-corrected chi connectivity index (χ0v) is 15.0. The average Bonchev–Trinajstić information content (AvgIpc) is 3.02. The van der Waals surface area contributed by atoms with Crippen LogP contribution in [-0.2, 0) is 0 Å². The minimum atomic E-state index is -1.33. The quantitative estimate of drug-likeness (QED) is 0.673. The summed E-state index contributed by atoms with van der Waals surface area (Å²) >= 11 is 3.20. The molecular weight excluding hydrogens is 425 g/mol. The van der Waals surface area contributed by atoms with Crippen LogP contribution in [0, 0.1) is 28.8 Å². The van der Waals surface area contributed by atoms with Crippen LogP contribution in [0.2, 0.25) is 0 Å². The molecule has 27 heavy (non-hydrogen) atoms. The fourth-order valence-electron chi connectivity index (χ4n) is 2.35. The summed E-state index contributed by atoms with van der Waals surface area (Å²) in [6.45, 7) is 0. The summed E-state index contributed by atoms with van der Waals surface area (Å²) < 4.78 is 41.6. The maximum atomic E-state index is 13.9. The van der Waals surface area contributed by atoms with Gasteiger partial charge in [-0.3, -0.25) is 4.79 Å². The van der Waals surface area contributed by atoms with Crippen LogP contribution in [0.15, 0.2) is 53.1 Å². The van der Waals surface area contributed by atoms with E-state index in [2.05, 4.69) is 26.3 Å². The van der Waals surface area contributed by atoms with Crippen LogP contribution in [0.3, 0.4) is 0 Å². The highest BCUT2D eigenvalue weighted by Crippen LogP contribution is 2.21. The Balaban J connectivity index is 1.85. The molecule has 0 bridgehead atoms. The molecule has 0 radical (unpaired) electrons. The monoisotopic (exact) mass is 434 g/mol. The van der Waals surface area contributed by atoms with Crippen molar-refractivity contribution in [3.63, 3.8) is 0 Å². The third kappa shape index (κ3) is 4.01. The Morgan fingerprint density at radius 1 is 1.15 bits per heavy atom. The highest BCUT2D eigenvalue weighted by molar-refractivity contribution is 9.10. The lowest BCUT2D eigenvalue weighted by Crippen LogP contribution is -2.29. The summed E-state index contributed by atoms with van der Waals surface area (Å²) in [5, 5.41) is 15.7. The molecule has 136 valence electrons. The molecule has 1 unspecified atom stereocenters. The zero-order valence-electron chi connectivity index (χ0n) is 13.5. The van der Waals surface area contributed by atoms with Crippen molar-refractivity contribution < 1.29 is 18.0 Å². The molecule has 3 rings (SSSR count). The molecule has 1 N–H and O–H groups in total. The molecule has 1 atom stereocenters. The first-order valence-electron chi connectivity index (χ1n) is 7.55. The number of halogens is 4. The Morgan fingerprint density at radius 2 is 1.81 bits per heavy atom. The highest BCUT2D eigenvalue weighted by atomic mass is 79.9. The number of carbonyl (C=O) groups excluding carboxylic acids is 1. The second-order valence-electron chi connectivity index (χ2n) is 5.45. The van der Waals surface area contributed by atoms with Crippen molar-refractivity contribution in [1.29, 1.82) is 5.26 Å². The van der Waals surface area contributed by atoms with Crippen molar-refractivity contribution in [2.24, 2.45) is 0 Å². The van der Waals surface area contributed by atoms with Gasteiger partial charge in [-0.1, -0.05) is 6.07 Å². The Bertz CT molecular complexity index is 1040. The Labute approximate surface area is 160 Å². The summed E-state index contributed by atoms with van der Waals surface area (Å²) in [4.78, 5) is 12.5. The Hall–Kier alpha value is -3.12. The lowest BCUT2D eigenvalue weighted by atomic mass is 10.1. The number of hydrogen-bond donors (Lipinski definition) is 1. The van der Waals surface area contributed by atoms with Crippen LogP contribution in [0.4, 0.5) is 13.2 Å². The van der Waals surface area contributed by atoms with Gasteiger partial charge in [0.1, 0.15) is 23.5 Å². The minimum absolute atomic E-state index is 0.0536. The zero-order chi connectivity index (χ0) is 19.6. The van der Waals surface area contributed by atoms with E-state index in [1.54, 1.807) is 6.07 Å². The Kier molecular flexibility index (Phi) is 5.28. The van der Waals surface area contributed by atoms with Gasteiger partial charge in [0.25, 0.3) is 5.91 Å². The molecule has 9 heteroatoms. The molecule has 3 aromatic rings. The van der Waals surface area contributed by atoms with E-state index >= 15 is 0 Å². The van der Waals surface area contributed by atoms with Gasteiger partial charge in [0, 0.05) is 17.8 Å². The molecule has 1 heterocycles. The first-order valence-corrected chi connectivity index (χ1v) is 8.35. The highest BCUT2D eigenvalue weighted by Gasteiger charge is 2.22. The van der Waals surface area contributed by atoms with Gasteiger partial charge in [-0.05, 0) is 46.3 Å². The molecule has 0 saturated heterocycles. The number of nitrogens with zero attached hydrogens (tertiary/aromatic N) is 3. The second-order valence-corrected chi connectivity index (χ2v) is 6.30. The number of carbonyl (C=O) groups is 1. The van der Waals surface area contributed by atoms with E-state index < -0.39 is 29.4 Å². The lowest BCUT2D eigenvalue weighted by molar-refractivity contribution is 0.0938. The SMILES string of the molecule is N#CC(NC(=O)c1nn(-c2ccc(F)cc2)cc1Br)c1ccc(F)cc1F. The van der Waals surface area contributed by atoms with Gasteiger partial charge < -0.3 is 5.32 Å². The van der Waals surface area contributed by atoms with Gasteiger partial charge in [-0.2, -0.15) is 10.4 Å². The lowest BCUT2D eigenvalue weighted by Gasteiger charge is -2.12. The maximum Gasteiger partial charge on any atom is 0.274 e. The van der Waals surface area contributed by atoms with Crippen molar-refractivity contribution in [3.8, 4) is 11.8 Å². The molecule has 0 saturated carbocycles. The van der Waals surface area contributed by atoms with Crippen LogP contribution in [0.1, 0.15) is 22.1 Å². The van der Waals surface area contributed by atoms with E-state index in [0.717, 1.165) is 12.1 Å². The number of amides is 1. The molecule has 2 aromatic carbocycles. The molecule has 1 amide bonds. The first kappa shape index (κ1) is 18.7. The van der Waals surface area contributed by atoms with Crippen molar-refractivity contribution in [2.75, 3.05) is 0 Å². The van der Waals surface area contributed by atoms with Gasteiger partial charge in [-0.25, -0.2) is 17.9 Å². The maximum absolute atomic E-state index is 13.9. The third-order valence-corrected chi connectivity index (χ3v) is 4.23. The van der Waals surface area contributed by atoms with E-state index in [0.29, 0.717) is 16.2 Å². The molecule has 0 aliphatic carbocycles. The number of rotatable bonds is 4. The molecule has 1 aromatic heterocycles. The molecule has 5 nitrogen and oxygen atoms in total. The van der Waals surface area contributed by atoms with Crippen LogP contribution in [-0.4, -0.2) is 15.7 Å². The van der Waals surface area contributed by atoms with E-state index in [-0.39, 0.29) is 11.3 Å².